The predicted octanol–water partition coefficient (Wildman–Crippen LogP) is 1.92. The zero-order valence-corrected chi connectivity index (χ0v) is 11.0. The summed E-state index contributed by atoms with van der Waals surface area (Å²) in [5.74, 6) is -0.548. The van der Waals surface area contributed by atoms with Crippen LogP contribution >= 0.6 is 12.2 Å². The minimum atomic E-state index is -0.511. The fourth-order valence-corrected chi connectivity index (χ4v) is 1.98. The largest absolute Gasteiger partial charge is 0.392 e. The molecule has 0 aromatic heterocycles. The number of hydrogen-bond donors (Lipinski definition) is 1. The summed E-state index contributed by atoms with van der Waals surface area (Å²) in [7, 11) is 1.78. The van der Waals surface area contributed by atoms with Crippen LogP contribution in [0.25, 0.3) is 0 Å². The average Bonchev–Trinajstić information content (AvgIpc) is 2.30. The van der Waals surface area contributed by atoms with Crippen LogP contribution in [0.3, 0.4) is 0 Å². The highest BCUT2D eigenvalue weighted by Crippen LogP contribution is 2.18. The number of likely N-dealkylation sites (N-methyl/N-ethyl adjacent to an activating group) is 1. The molecule has 1 amide bonds. The van der Waals surface area contributed by atoms with Crippen molar-refractivity contribution in [2.45, 2.75) is 19.3 Å². The molecule has 0 aliphatic rings. The number of carbonyl (C=O) groups is 1. The first-order chi connectivity index (χ1) is 8.07. The second-order valence-corrected chi connectivity index (χ2v) is 4.48. The van der Waals surface area contributed by atoms with Gasteiger partial charge in [0.25, 0.3) is 0 Å². The van der Waals surface area contributed by atoms with E-state index in [4.69, 9.17) is 18.0 Å². The molecule has 3 nitrogen and oxygen atoms in total. The summed E-state index contributed by atoms with van der Waals surface area (Å²) in [6, 6.07) is 9.42. The molecule has 1 aromatic carbocycles. The van der Waals surface area contributed by atoms with Gasteiger partial charge in [-0.15, -0.1) is 0 Å². The van der Waals surface area contributed by atoms with Gasteiger partial charge in [0.1, 0.15) is 5.92 Å². The number of thiocarbonyl (C=S) groups is 1. The summed E-state index contributed by atoms with van der Waals surface area (Å²) in [5, 5.41) is 0. The van der Waals surface area contributed by atoms with Gasteiger partial charge in [-0.2, -0.15) is 0 Å². The summed E-state index contributed by atoms with van der Waals surface area (Å²) >= 11 is 5.01. The van der Waals surface area contributed by atoms with Gasteiger partial charge < -0.3 is 10.6 Å². The van der Waals surface area contributed by atoms with Crippen LogP contribution in [0.2, 0.25) is 0 Å². The van der Waals surface area contributed by atoms with E-state index < -0.39 is 5.92 Å². The van der Waals surface area contributed by atoms with Gasteiger partial charge in [0.2, 0.25) is 5.91 Å². The van der Waals surface area contributed by atoms with Crippen LogP contribution in [0.1, 0.15) is 24.8 Å². The molecule has 0 aliphatic carbocycles. The van der Waals surface area contributed by atoms with Crippen molar-refractivity contribution in [3.05, 3.63) is 35.9 Å². The Labute approximate surface area is 108 Å². The zero-order valence-electron chi connectivity index (χ0n) is 10.2. The quantitative estimate of drug-likeness (QED) is 0.812. The lowest BCUT2D eigenvalue weighted by Gasteiger charge is -2.23. The molecule has 0 bridgehead atoms. The highest BCUT2D eigenvalue weighted by atomic mass is 32.1. The van der Waals surface area contributed by atoms with E-state index in [0.717, 1.165) is 12.0 Å². The summed E-state index contributed by atoms with van der Waals surface area (Å²) in [6.45, 7) is 2.74. The first-order valence-electron chi connectivity index (χ1n) is 5.67. The molecule has 0 radical (unpaired) electrons. The molecule has 0 saturated carbocycles. The molecular weight excluding hydrogens is 232 g/mol. The van der Waals surface area contributed by atoms with Gasteiger partial charge in [-0.25, -0.2) is 0 Å². The molecule has 1 unspecified atom stereocenters. The molecule has 1 aromatic rings. The highest BCUT2D eigenvalue weighted by molar-refractivity contribution is 7.80. The van der Waals surface area contributed by atoms with Crippen molar-refractivity contribution in [1.29, 1.82) is 0 Å². The molecular formula is C13H18N2OS. The van der Waals surface area contributed by atoms with Crippen molar-refractivity contribution in [2.24, 2.45) is 5.73 Å². The molecule has 0 fully saturated rings. The van der Waals surface area contributed by atoms with Crippen LogP contribution < -0.4 is 5.73 Å². The van der Waals surface area contributed by atoms with Crippen molar-refractivity contribution in [2.75, 3.05) is 13.6 Å². The lowest BCUT2D eigenvalue weighted by molar-refractivity contribution is -0.129. The van der Waals surface area contributed by atoms with Crippen molar-refractivity contribution >= 4 is 23.1 Å². The Balaban J connectivity index is 2.95. The topological polar surface area (TPSA) is 46.3 Å². The Hall–Kier alpha value is -1.42. The summed E-state index contributed by atoms with van der Waals surface area (Å²) in [4.78, 5) is 14.1. The van der Waals surface area contributed by atoms with Crippen LogP contribution in [0, 0.1) is 0 Å². The van der Waals surface area contributed by atoms with Gasteiger partial charge in [0, 0.05) is 13.6 Å². The monoisotopic (exact) mass is 250 g/mol. The van der Waals surface area contributed by atoms with E-state index in [2.05, 4.69) is 0 Å². The molecule has 2 N–H and O–H groups in total. The summed E-state index contributed by atoms with van der Waals surface area (Å²) < 4.78 is 0. The van der Waals surface area contributed by atoms with Crippen molar-refractivity contribution in [1.82, 2.24) is 4.90 Å². The van der Waals surface area contributed by atoms with E-state index >= 15 is 0 Å². The van der Waals surface area contributed by atoms with Crippen molar-refractivity contribution in [3.8, 4) is 0 Å². The van der Waals surface area contributed by atoms with Gasteiger partial charge in [0.05, 0.1) is 4.99 Å². The molecule has 4 heteroatoms. The van der Waals surface area contributed by atoms with Crippen LogP contribution in [0.5, 0.6) is 0 Å². The summed E-state index contributed by atoms with van der Waals surface area (Å²) in [6.07, 6.45) is 0.918. The molecule has 92 valence electrons. The van der Waals surface area contributed by atoms with Gasteiger partial charge in [-0.1, -0.05) is 49.5 Å². The maximum Gasteiger partial charge on any atom is 0.236 e. The minimum Gasteiger partial charge on any atom is -0.392 e. The number of hydrogen-bond acceptors (Lipinski definition) is 2. The van der Waals surface area contributed by atoms with E-state index in [0.29, 0.717) is 6.54 Å². The lowest BCUT2D eigenvalue weighted by Crippen LogP contribution is -2.37. The van der Waals surface area contributed by atoms with E-state index in [1.807, 2.05) is 37.3 Å². The van der Waals surface area contributed by atoms with E-state index in [-0.39, 0.29) is 10.9 Å². The highest BCUT2D eigenvalue weighted by Gasteiger charge is 2.25. The number of nitrogens with two attached hydrogens (primary N) is 1. The maximum atomic E-state index is 12.2. The average molecular weight is 250 g/mol. The molecule has 0 saturated heterocycles. The van der Waals surface area contributed by atoms with E-state index in [1.165, 1.54) is 0 Å². The Bertz CT molecular complexity index is 392. The first kappa shape index (κ1) is 13.6. The maximum absolute atomic E-state index is 12.2. The molecule has 1 rings (SSSR count). The van der Waals surface area contributed by atoms with Crippen LogP contribution in [0.15, 0.2) is 30.3 Å². The third-order valence-electron chi connectivity index (χ3n) is 2.60. The predicted molar refractivity (Wildman–Crippen MR) is 73.9 cm³/mol. The van der Waals surface area contributed by atoms with Gasteiger partial charge in [-0.3, -0.25) is 4.79 Å². The number of rotatable bonds is 5. The van der Waals surface area contributed by atoms with Crippen LogP contribution in [-0.4, -0.2) is 29.4 Å². The van der Waals surface area contributed by atoms with Crippen LogP contribution in [-0.2, 0) is 4.79 Å². The summed E-state index contributed by atoms with van der Waals surface area (Å²) in [5.41, 5.74) is 6.54. The van der Waals surface area contributed by atoms with Crippen molar-refractivity contribution in [3.63, 3.8) is 0 Å². The number of benzene rings is 1. The number of amides is 1. The zero-order chi connectivity index (χ0) is 12.8. The van der Waals surface area contributed by atoms with Crippen LogP contribution in [0.4, 0.5) is 0 Å². The van der Waals surface area contributed by atoms with Gasteiger partial charge in [0.15, 0.2) is 0 Å². The van der Waals surface area contributed by atoms with Gasteiger partial charge >= 0.3 is 0 Å². The fourth-order valence-electron chi connectivity index (χ4n) is 1.74. The Kier molecular flexibility index (Phi) is 5.10. The van der Waals surface area contributed by atoms with Crippen molar-refractivity contribution < 1.29 is 4.79 Å². The first-order valence-corrected chi connectivity index (χ1v) is 6.08. The molecule has 0 spiro atoms. The molecule has 17 heavy (non-hydrogen) atoms. The second kappa shape index (κ2) is 6.35. The SMILES string of the molecule is CCCN(C)C(=O)C(C(N)=S)c1ccccc1. The number of nitrogens with zero attached hydrogens (tertiary/aromatic N) is 1. The second-order valence-electron chi connectivity index (χ2n) is 4.01. The molecule has 0 aliphatic heterocycles. The number of carbonyl (C=O) groups excluding carboxylic acids is 1. The molecule has 1 atom stereocenters. The minimum absolute atomic E-state index is 0.0365. The fraction of sp³-hybridized carbons (Fsp3) is 0.385. The Morgan fingerprint density at radius 2 is 2.00 bits per heavy atom. The molecule has 0 heterocycles. The van der Waals surface area contributed by atoms with E-state index in [1.54, 1.807) is 11.9 Å². The lowest BCUT2D eigenvalue weighted by atomic mass is 9.97. The smallest absolute Gasteiger partial charge is 0.236 e. The normalized spacial score (nSPS) is 11.9. The third-order valence-corrected chi connectivity index (χ3v) is 2.84. The third kappa shape index (κ3) is 3.53. The van der Waals surface area contributed by atoms with E-state index in [9.17, 15) is 4.79 Å². The Morgan fingerprint density at radius 1 is 1.41 bits per heavy atom. The Morgan fingerprint density at radius 3 is 2.47 bits per heavy atom. The standard InChI is InChI=1S/C13H18N2OS/c1-3-9-15(2)13(16)11(12(14)17)10-7-5-4-6-8-10/h4-8,11H,3,9H2,1-2H3,(H2,14,17). The van der Waals surface area contributed by atoms with Gasteiger partial charge in [-0.05, 0) is 12.0 Å².